The molecule has 0 amide bonds. The lowest BCUT2D eigenvalue weighted by atomic mass is 9.73. The second-order valence-electron chi connectivity index (χ2n) is 7.91. The number of methoxy groups -OCH3 is 1. The van der Waals surface area contributed by atoms with Gasteiger partial charge in [0.25, 0.3) is 0 Å². The van der Waals surface area contributed by atoms with Crippen LogP contribution in [-0.2, 0) is 14.3 Å². The van der Waals surface area contributed by atoms with Crippen molar-refractivity contribution in [2.75, 3.05) is 20.4 Å². The van der Waals surface area contributed by atoms with Crippen molar-refractivity contribution in [2.45, 2.75) is 43.9 Å². The zero-order valence-corrected chi connectivity index (χ0v) is 15.5. The van der Waals surface area contributed by atoms with Crippen LogP contribution >= 0.6 is 0 Å². The Kier molecular flexibility index (Phi) is 4.32. The molecule has 6 heteroatoms. The average molecular weight is 371 g/mol. The Morgan fingerprint density at radius 1 is 1.07 bits per heavy atom. The smallest absolute Gasteiger partial charge is 0.208 e. The summed E-state index contributed by atoms with van der Waals surface area (Å²) in [7, 11) is 1.62. The molecule has 2 heterocycles. The van der Waals surface area contributed by atoms with Gasteiger partial charge < -0.3 is 18.9 Å². The Bertz CT molecular complexity index is 741. The third kappa shape index (κ3) is 3.21. The van der Waals surface area contributed by atoms with Crippen molar-refractivity contribution in [1.29, 1.82) is 0 Å². The van der Waals surface area contributed by atoms with Gasteiger partial charge in [-0.25, -0.2) is 0 Å². The zero-order valence-electron chi connectivity index (χ0n) is 15.5. The van der Waals surface area contributed by atoms with Crippen molar-refractivity contribution >= 4 is 5.78 Å². The van der Waals surface area contributed by atoms with E-state index in [9.17, 15) is 4.79 Å². The van der Waals surface area contributed by atoms with Gasteiger partial charge in [-0.3, -0.25) is 9.69 Å². The standard InChI is InChI=1S/C21H25NO5/c1-24-14-4-6-15(7-5-14)27-19-11-25-21-16(20(19)23)8-9-18-17(21)10-22(12-26-18)13-2-3-13/h4-7,11,13,16-18,21H,2-3,8-10,12H2,1H3. The number of fused-ring (bicyclic) bond motifs is 3. The average Bonchev–Trinajstić information content (AvgIpc) is 3.55. The number of benzene rings is 1. The van der Waals surface area contributed by atoms with Crippen molar-refractivity contribution in [3.8, 4) is 11.5 Å². The highest BCUT2D eigenvalue weighted by Crippen LogP contribution is 2.42. The number of carbonyl (C=O) groups is 1. The number of hydrogen-bond acceptors (Lipinski definition) is 6. The van der Waals surface area contributed by atoms with Gasteiger partial charge in [0.15, 0.2) is 0 Å². The molecule has 27 heavy (non-hydrogen) atoms. The van der Waals surface area contributed by atoms with Crippen LogP contribution in [0.2, 0.25) is 0 Å². The minimum atomic E-state index is -0.146. The summed E-state index contributed by atoms with van der Waals surface area (Å²) in [6.45, 7) is 1.69. The molecule has 3 fully saturated rings. The van der Waals surface area contributed by atoms with Crippen LogP contribution < -0.4 is 9.47 Å². The summed E-state index contributed by atoms with van der Waals surface area (Å²) in [5.74, 6) is 1.79. The Morgan fingerprint density at radius 2 is 1.85 bits per heavy atom. The topological polar surface area (TPSA) is 57.2 Å². The SMILES string of the molecule is COc1ccc(OC2=COC3C(CCC4OCN(C5CC5)CC43)C2=O)cc1. The Hall–Kier alpha value is -2.05. The first-order valence-corrected chi connectivity index (χ1v) is 9.80. The van der Waals surface area contributed by atoms with Crippen LogP contribution in [0.15, 0.2) is 36.3 Å². The van der Waals surface area contributed by atoms with Crippen molar-refractivity contribution in [1.82, 2.24) is 4.90 Å². The fourth-order valence-electron chi connectivity index (χ4n) is 4.57. The highest BCUT2D eigenvalue weighted by atomic mass is 16.5. The van der Waals surface area contributed by atoms with Crippen molar-refractivity contribution in [3.63, 3.8) is 0 Å². The second kappa shape index (κ2) is 6.84. The molecule has 4 atom stereocenters. The molecule has 1 aromatic carbocycles. The minimum absolute atomic E-state index is 0.0454. The molecule has 0 spiro atoms. The van der Waals surface area contributed by atoms with Crippen molar-refractivity contribution < 1.29 is 23.7 Å². The van der Waals surface area contributed by atoms with Gasteiger partial charge in [0.2, 0.25) is 11.5 Å². The number of hydrogen-bond donors (Lipinski definition) is 0. The van der Waals surface area contributed by atoms with Gasteiger partial charge in [-0.15, -0.1) is 0 Å². The van der Waals surface area contributed by atoms with Crippen LogP contribution in [0.4, 0.5) is 0 Å². The number of allylic oxidation sites excluding steroid dienone is 1. The normalized spacial score (nSPS) is 33.4. The maximum atomic E-state index is 13.0. The summed E-state index contributed by atoms with van der Waals surface area (Å²) in [6.07, 6.45) is 5.81. The largest absolute Gasteiger partial charge is 0.497 e. The summed E-state index contributed by atoms with van der Waals surface area (Å²) >= 11 is 0. The van der Waals surface area contributed by atoms with Crippen LogP contribution in [-0.4, -0.2) is 49.3 Å². The molecule has 1 saturated heterocycles. The molecular formula is C21H25NO5. The third-order valence-corrected chi connectivity index (χ3v) is 6.22. The van der Waals surface area contributed by atoms with Crippen LogP contribution in [0.25, 0.3) is 0 Å². The first-order valence-electron chi connectivity index (χ1n) is 9.80. The number of nitrogens with zero attached hydrogens (tertiary/aromatic N) is 1. The molecule has 0 bridgehead atoms. The summed E-state index contributed by atoms with van der Waals surface area (Å²) in [4.78, 5) is 15.4. The Morgan fingerprint density at radius 3 is 2.59 bits per heavy atom. The van der Waals surface area contributed by atoms with Crippen LogP contribution in [0.1, 0.15) is 25.7 Å². The number of carbonyl (C=O) groups excluding carboxylic acids is 1. The van der Waals surface area contributed by atoms with Crippen molar-refractivity contribution in [2.24, 2.45) is 11.8 Å². The summed E-state index contributed by atoms with van der Waals surface area (Å²) < 4.78 is 23.1. The van der Waals surface area contributed by atoms with Gasteiger partial charge in [-0.05, 0) is 49.9 Å². The predicted molar refractivity (Wildman–Crippen MR) is 97.3 cm³/mol. The van der Waals surface area contributed by atoms with Crippen LogP contribution in [0.5, 0.6) is 11.5 Å². The van der Waals surface area contributed by atoms with E-state index in [1.54, 1.807) is 19.2 Å². The first kappa shape index (κ1) is 17.1. The monoisotopic (exact) mass is 371 g/mol. The van der Waals surface area contributed by atoms with Gasteiger partial charge in [0.1, 0.15) is 23.9 Å². The molecular weight excluding hydrogens is 346 g/mol. The van der Waals surface area contributed by atoms with Gasteiger partial charge in [0, 0.05) is 18.5 Å². The van der Waals surface area contributed by atoms with E-state index in [1.165, 1.54) is 19.1 Å². The number of ketones is 1. The van der Waals surface area contributed by atoms with Crippen LogP contribution in [0.3, 0.4) is 0 Å². The Balaban J connectivity index is 1.31. The van der Waals surface area contributed by atoms with E-state index in [0.717, 1.165) is 31.9 Å². The first-order chi connectivity index (χ1) is 13.2. The van der Waals surface area contributed by atoms with Gasteiger partial charge in [-0.1, -0.05) is 0 Å². The maximum absolute atomic E-state index is 13.0. The van der Waals surface area contributed by atoms with E-state index < -0.39 is 0 Å². The minimum Gasteiger partial charge on any atom is -0.497 e. The molecule has 2 saturated carbocycles. The molecule has 0 radical (unpaired) electrons. The van der Waals surface area contributed by atoms with E-state index in [-0.39, 0.29) is 35.6 Å². The molecule has 144 valence electrons. The molecule has 5 rings (SSSR count). The van der Waals surface area contributed by atoms with E-state index in [1.807, 2.05) is 12.1 Å². The molecule has 0 aromatic heterocycles. The quantitative estimate of drug-likeness (QED) is 0.811. The fourth-order valence-corrected chi connectivity index (χ4v) is 4.57. The third-order valence-electron chi connectivity index (χ3n) is 6.22. The highest BCUT2D eigenvalue weighted by molar-refractivity contribution is 5.96. The maximum Gasteiger partial charge on any atom is 0.208 e. The number of rotatable bonds is 4. The van der Waals surface area contributed by atoms with E-state index in [4.69, 9.17) is 18.9 Å². The molecule has 2 aliphatic carbocycles. The van der Waals surface area contributed by atoms with Gasteiger partial charge in [-0.2, -0.15) is 0 Å². The molecule has 0 N–H and O–H groups in total. The second-order valence-corrected chi connectivity index (χ2v) is 7.91. The highest BCUT2D eigenvalue weighted by Gasteiger charge is 2.50. The van der Waals surface area contributed by atoms with Crippen LogP contribution in [0, 0.1) is 11.8 Å². The number of Topliss-reactive ketones (excluding diaryl/α,β-unsaturated/α-hetero) is 1. The summed E-state index contributed by atoms with van der Waals surface area (Å²) in [5, 5.41) is 0. The molecule has 4 aliphatic rings. The Labute approximate surface area is 159 Å². The molecule has 2 aliphatic heterocycles. The summed E-state index contributed by atoms with van der Waals surface area (Å²) in [5.41, 5.74) is 0. The zero-order chi connectivity index (χ0) is 18.4. The van der Waals surface area contributed by atoms with Gasteiger partial charge >= 0.3 is 0 Å². The van der Waals surface area contributed by atoms with E-state index >= 15 is 0 Å². The fraction of sp³-hybridized carbons (Fsp3) is 0.571. The lowest BCUT2D eigenvalue weighted by molar-refractivity contribution is -0.174. The number of ether oxygens (including phenoxy) is 4. The molecule has 4 unspecified atom stereocenters. The van der Waals surface area contributed by atoms with Crippen molar-refractivity contribution in [3.05, 3.63) is 36.3 Å². The van der Waals surface area contributed by atoms with E-state index in [0.29, 0.717) is 11.8 Å². The van der Waals surface area contributed by atoms with Gasteiger partial charge in [0.05, 0.1) is 25.9 Å². The predicted octanol–water partition coefficient (Wildman–Crippen LogP) is 2.73. The van der Waals surface area contributed by atoms with E-state index in [2.05, 4.69) is 4.90 Å². The lowest BCUT2D eigenvalue weighted by Crippen LogP contribution is -2.57. The lowest BCUT2D eigenvalue weighted by Gasteiger charge is -2.48. The molecule has 1 aromatic rings. The molecule has 6 nitrogen and oxygen atoms in total. The summed E-state index contributed by atoms with van der Waals surface area (Å²) in [6, 6.07) is 7.86.